The molecule has 0 aliphatic carbocycles. The number of nitrogens with two attached hydrogens (primary N) is 1. The summed E-state index contributed by atoms with van der Waals surface area (Å²) in [7, 11) is 1.57. The van der Waals surface area contributed by atoms with Crippen molar-refractivity contribution in [3.63, 3.8) is 0 Å². The van der Waals surface area contributed by atoms with Crippen LogP contribution in [0.5, 0.6) is 11.5 Å². The Morgan fingerprint density at radius 1 is 1.52 bits per heavy atom. The molecule has 1 amide bonds. The highest BCUT2D eigenvalue weighted by Gasteiger charge is 2.10. The summed E-state index contributed by atoms with van der Waals surface area (Å²) >= 11 is 3.40. The number of hydrogen-bond acceptors (Lipinski definition) is 6. The van der Waals surface area contributed by atoms with Gasteiger partial charge in [0.25, 0.3) is 5.91 Å². The number of carbonyl (C=O) groups is 1. The van der Waals surface area contributed by atoms with Gasteiger partial charge in [-0.2, -0.15) is 0 Å². The molecule has 0 aliphatic heterocycles. The molecule has 0 bridgehead atoms. The van der Waals surface area contributed by atoms with Gasteiger partial charge in [0.2, 0.25) is 0 Å². The summed E-state index contributed by atoms with van der Waals surface area (Å²) in [6, 6.07) is 5.52. The summed E-state index contributed by atoms with van der Waals surface area (Å²) in [6.07, 6.45) is 1.49. The number of benzene rings is 1. The molecule has 21 heavy (non-hydrogen) atoms. The average Bonchev–Trinajstić information content (AvgIpc) is 2.96. The van der Waals surface area contributed by atoms with Gasteiger partial charge in [0.1, 0.15) is 6.61 Å². The molecule has 0 spiro atoms. The Kier molecular flexibility index (Phi) is 5.12. The molecule has 3 N–H and O–H groups in total. The van der Waals surface area contributed by atoms with Gasteiger partial charge >= 0.3 is 0 Å². The first-order chi connectivity index (χ1) is 10.2. The van der Waals surface area contributed by atoms with Crippen LogP contribution in [0, 0.1) is 0 Å². The van der Waals surface area contributed by atoms with E-state index in [-0.39, 0.29) is 5.69 Å². The highest BCUT2D eigenvalue weighted by molar-refractivity contribution is 9.10. The number of methoxy groups -OCH3 is 1. The van der Waals surface area contributed by atoms with Gasteiger partial charge in [0.15, 0.2) is 17.2 Å². The molecule has 2 rings (SSSR count). The maximum absolute atomic E-state index is 11.2. The van der Waals surface area contributed by atoms with E-state index in [0.717, 1.165) is 4.47 Å². The molecular weight excluding hydrogens is 342 g/mol. The summed E-state index contributed by atoms with van der Waals surface area (Å²) in [5.74, 6) is 5.77. The first-order valence-electron chi connectivity index (χ1n) is 6.02. The van der Waals surface area contributed by atoms with Crippen molar-refractivity contribution in [2.24, 2.45) is 5.84 Å². The normalized spacial score (nSPS) is 10.2. The predicted octanol–water partition coefficient (Wildman–Crippen LogP) is 0.732. The van der Waals surface area contributed by atoms with Gasteiger partial charge in [-0.05, 0) is 28.1 Å². The minimum atomic E-state index is -0.491. The fourth-order valence-corrected chi connectivity index (χ4v) is 2.08. The average molecular weight is 356 g/mol. The Hall–Kier alpha value is -2.13. The van der Waals surface area contributed by atoms with Crippen LogP contribution in [0.15, 0.2) is 28.9 Å². The largest absolute Gasteiger partial charge is 0.493 e. The summed E-state index contributed by atoms with van der Waals surface area (Å²) in [5.41, 5.74) is 2.14. The van der Waals surface area contributed by atoms with E-state index in [1.165, 1.54) is 10.9 Å². The van der Waals surface area contributed by atoms with Crippen molar-refractivity contribution >= 4 is 21.8 Å². The smallest absolute Gasteiger partial charge is 0.287 e. The van der Waals surface area contributed by atoms with E-state index in [1.807, 2.05) is 17.6 Å². The molecule has 0 fully saturated rings. The van der Waals surface area contributed by atoms with Gasteiger partial charge in [-0.15, -0.1) is 5.10 Å². The number of nitrogens with one attached hydrogen (secondary N) is 1. The number of carbonyl (C=O) groups excluding carboxylic acids is 1. The lowest BCUT2D eigenvalue weighted by Gasteiger charge is -2.11. The van der Waals surface area contributed by atoms with Crippen molar-refractivity contribution in [2.45, 2.75) is 6.54 Å². The Morgan fingerprint density at radius 3 is 3.05 bits per heavy atom. The van der Waals surface area contributed by atoms with Crippen LogP contribution in [0.1, 0.15) is 10.5 Å². The minimum Gasteiger partial charge on any atom is -0.493 e. The fraction of sp³-hybridized carbons (Fsp3) is 0.250. The third-order valence-electron chi connectivity index (χ3n) is 2.62. The molecule has 0 saturated heterocycles. The lowest BCUT2D eigenvalue weighted by molar-refractivity contribution is 0.0948. The van der Waals surface area contributed by atoms with Crippen LogP contribution in [0.2, 0.25) is 0 Å². The Morgan fingerprint density at radius 2 is 2.33 bits per heavy atom. The van der Waals surface area contributed by atoms with Crippen LogP contribution < -0.4 is 20.7 Å². The van der Waals surface area contributed by atoms with E-state index in [1.54, 1.807) is 13.2 Å². The van der Waals surface area contributed by atoms with Gasteiger partial charge in [-0.1, -0.05) is 11.3 Å². The van der Waals surface area contributed by atoms with Crippen molar-refractivity contribution in [1.82, 2.24) is 20.4 Å². The van der Waals surface area contributed by atoms with E-state index in [9.17, 15) is 4.79 Å². The number of amides is 1. The maximum Gasteiger partial charge on any atom is 0.287 e. The van der Waals surface area contributed by atoms with Crippen LogP contribution >= 0.6 is 15.9 Å². The van der Waals surface area contributed by atoms with Gasteiger partial charge in [-0.3, -0.25) is 10.2 Å². The van der Waals surface area contributed by atoms with Gasteiger partial charge in [0, 0.05) is 0 Å². The predicted molar refractivity (Wildman–Crippen MR) is 77.9 cm³/mol. The van der Waals surface area contributed by atoms with Crippen LogP contribution in [-0.2, 0) is 6.54 Å². The molecule has 0 unspecified atom stereocenters. The standard InChI is InChI=1S/C12H14BrN5O3/c1-20-10-4-2-3-8(13)11(10)21-6-5-18-7-9(16-17-18)12(19)15-14/h2-4,7H,5-6,14H2,1H3,(H,15,19). The minimum absolute atomic E-state index is 0.149. The quantitative estimate of drug-likeness (QED) is 0.449. The summed E-state index contributed by atoms with van der Waals surface area (Å²) < 4.78 is 13.2. The molecule has 0 aliphatic rings. The topological polar surface area (TPSA) is 104 Å². The SMILES string of the molecule is COc1cccc(Br)c1OCCn1cc(C(=O)NN)nn1. The Balaban J connectivity index is 1.96. The van der Waals surface area contributed by atoms with Crippen molar-refractivity contribution in [3.8, 4) is 11.5 Å². The number of hydrogen-bond donors (Lipinski definition) is 2. The van der Waals surface area contributed by atoms with Crippen LogP contribution in [0.4, 0.5) is 0 Å². The van der Waals surface area contributed by atoms with Crippen molar-refractivity contribution in [3.05, 3.63) is 34.6 Å². The summed E-state index contributed by atoms with van der Waals surface area (Å²) in [4.78, 5) is 11.2. The molecule has 0 radical (unpaired) electrons. The number of ether oxygens (including phenoxy) is 2. The highest BCUT2D eigenvalue weighted by atomic mass is 79.9. The van der Waals surface area contributed by atoms with Gasteiger partial charge < -0.3 is 9.47 Å². The first-order valence-corrected chi connectivity index (χ1v) is 6.81. The molecule has 1 heterocycles. The number of rotatable bonds is 6. The first kappa shape index (κ1) is 15.3. The number of aromatic nitrogens is 3. The van der Waals surface area contributed by atoms with Crippen LogP contribution in [0.25, 0.3) is 0 Å². The molecule has 1 aromatic carbocycles. The third kappa shape index (κ3) is 3.70. The van der Waals surface area contributed by atoms with E-state index < -0.39 is 5.91 Å². The monoisotopic (exact) mass is 355 g/mol. The van der Waals surface area contributed by atoms with Crippen molar-refractivity contribution in [1.29, 1.82) is 0 Å². The lowest BCUT2D eigenvalue weighted by Crippen LogP contribution is -2.30. The zero-order chi connectivity index (χ0) is 15.2. The second-order valence-electron chi connectivity index (χ2n) is 3.96. The maximum atomic E-state index is 11.2. The molecule has 0 atom stereocenters. The van der Waals surface area contributed by atoms with Crippen molar-refractivity contribution in [2.75, 3.05) is 13.7 Å². The number of halogens is 1. The Labute approximate surface area is 129 Å². The zero-order valence-corrected chi connectivity index (χ0v) is 12.8. The lowest BCUT2D eigenvalue weighted by atomic mass is 10.3. The zero-order valence-electron chi connectivity index (χ0n) is 11.2. The number of nitrogens with zero attached hydrogens (tertiary/aromatic N) is 3. The van der Waals surface area contributed by atoms with Gasteiger partial charge in [-0.25, -0.2) is 10.5 Å². The molecule has 1 aromatic heterocycles. The number of para-hydroxylation sites is 1. The molecule has 0 saturated carbocycles. The van der Waals surface area contributed by atoms with Gasteiger partial charge in [0.05, 0.1) is 24.3 Å². The Bertz CT molecular complexity index is 631. The highest BCUT2D eigenvalue weighted by Crippen LogP contribution is 2.34. The van der Waals surface area contributed by atoms with E-state index in [2.05, 4.69) is 26.2 Å². The van der Waals surface area contributed by atoms with E-state index in [4.69, 9.17) is 15.3 Å². The molecule has 9 heteroatoms. The molecule has 112 valence electrons. The number of nitrogen functional groups attached to an aromatic ring is 1. The molecule has 8 nitrogen and oxygen atoms in total. The van der Waals surface area contributed by atoms with E-state index in [0.29, 0.717) is 24.7 Å². The summed E-state index contributed by atoms with van der Waals surface area (Å²) in [5, 5.41) is 7.50. The van der Waals surface area contributed by atoms with Crippen LogP contribution in [-0.4, -0.2) is 34.6 Å². The second kappa shape index (κ2) is 7.04. The number of hydrazine groups is 1. The second-order valence-corrected chi connectivity index (χ2v) is 4.81. The van der Waals surface area contributed by atoms with Crippen LogP contribution in [0.3, 0.4) is 0 Å². The molecule has 2 aromatic rings. The molecular formula is C12H14BrN5O3. The summed E-state index contributed by atoms with van der Waals surface area (Å²) in [6.45, 7) is 0.765. The van der Waals surface area contributed by atoms with Crippen molar-refractivity contribution < 1.29 is 14.3 Å². The van der Waals surface area contributed by atoms with E-state index >= 15 is 0 Å². The fourth-order valence-electron chi connectivity index (χ4n) is 1.62. The third-order valence-corrected chi connectivity index (χ3v) is 3.24.